The van der Waals surface area contributed by atoms with Crippen LogP contribution in [-0.2, 0) is 0 Å². The predicted octanol–water partition coefficient (Wildman–Crippen LogP) is 5.47. The first-order valence-electron chi connectivity index (χ1n) is 7.71. The van der Waals surface area contributed by atoms with Gasteiger partial charge in [-0.3, -0.25) is 4.98 Å². The molecule has 6 heteroatoms. The quantitative estimate of drug-likeness (QED) is 0.334. The second-order valence-corrected chi connectivity index (χ2v) is 6.21. The van der Waals surface area contributed by atoms with Crippen molar-refractivity contribution in [3.63, 3.8) is 0 Å². The largest absolute Gasteiger partial charge is 0.266 e. The Hall–Kier alpha value is -2.60. The van der Waals surface area contributed by atoms with Crippen LogP contribution in [-0.4, -0.2) is 20.7 Å². The molecule has 126 valence electrons. The maximum absolute atomic E-state index is 12.0. The predicted molar refractivity (Wildman–Crippen MR) is 96.3 cm³/mol. The molecule has 0 saturated heterocycles. The molecule has 0 aliphatic carbocycles. The summed E-state index contributed by atoms with van der Waals surface area (Å²) in [5, 5.41) is 0.553. The van der Waals surface area contributed by atoms with Crippen LogP contribution in [0.3, 0.4) is 0 Å². The highest BCUT2D eigenvalue weighted by Gasteiger charge is 2.06. The molecule has 3 rings (SSSR count). The molecule has 0 atom stereocenters. The van der Waals surface area contributed by atoms with E-state index < -0.39 is 6.08 Å². The second kappa shape index (κ2) is 8.48. The number of nitrogens with zero attached hydrogens (tertiary/aromatic N) is 3. The van der Waals surface area contributed by atoms with E-state index in [9.17, 15) is 8.78 Å². The summed E-state index contributed by atoms with van der Waals surface area (Å²) in [4.78, 5) is 13.0. The monoisotopic (exact) mass is 355 g/mol. The molecule has 0 aliphatic heterocycles. The first-order chi connectivity index (χ1) is 12.2. The van der Waals surface area contributed by atoms with E-state index in [1.165, 1.54) is 11.8 Å². The Morgan fingerprint density at radius 2 is 1.72 bits per heavy atom. The number of benzene rings is 1. The van der Waals surface area contributed by atoms with Gasteiger partial charge in [-0.05, 0) is 41.8 Å². The van der Waals surface area contributed by atoms with Crippen LogP contribution < -0.4 is 0 Å². The third kappa shape index (κ3) is 4.93. The highest BCUT2D eigenvalue weighted by molar-refractivity contribution is 7.99. The third-order valence-corrected chi connectivity index (χ3v) is 4.31. The Balaban J connectivity index is 1.78. The number of thioether (sulfide) groups is 1. The van der Waals surface area contributed by atoms with E-state index in [2.05, 4.69) is 15.0 Å². The fourth-order valence-corrected chi connectivity index (χ4v) is 2.97. The molecule has 0 unspecified atom stereocenters. The minimum atomic E-state index is -1.66. The molecule has 1 aromatic carbocycles. The maximum atomic E-state index is 12.0. The Labute approximate surface area is 148 Å². The Morgan fingerprint density at radius 3 is 2.52 bits per heavy atom. The van der Waals surface area contributed by atoms with Gasteiger partial charge in [-0.2, -0.15) is 8.78 Å². The average molecular weight is 355 g/mol. The molecule has 2 heterocycles. The maximum Gasteiger partial charge on any atom is 0.266 e. The topological polar surface area (TPSA) is 38.7 Å². The SMILES string of the molecule is FC(F)=CCCSc1nccc(-c2cc(-c3ccccc3)ccn2)n1. The summed E-state index contributed by atoms with van der Waals surface area (Å²) in [6.07, 6.45) is 2.94. The molecule has 0 radical (unpaired) electrons. The van der Waals surface area contributed by atoms with Crippen molar-refractivity contribution in [1.29, 1.82) is 0 Å². The second-order valence-electron chi connectivity index (χ2n) is 5.15. The molecule has 3 aromatic rings. The van der Waals surface area contributed by atoms with Crippen LogP contribution in [0, 0.1) is 0 Å². The molecule has 25 heavy (non-hydrogen) atoms. The molecule has 0 aliphatic rings. The molecule has 0 saturated carbocycles. The summed E-state index contributed by atoms with van der Waals surface area (Å²) >= 11 is 1.34. The van der Waals surface area contributed by atoms with Crippen LogP contribution in [0.1, 0.15) is 6.42 Å². The van der Waals surface area contributed by atoms with Gasteiger partial charge in [0.25, 0.3) is 6.08 Å². The van der Waals surface area contributed by atoms with Gasteiger partial charge in [-0.1, -0.05) is 42.1 Å². The van der Waals surface area contributed by atoms with Crippen LogP contribution in [0.15, 0.2) is 78.2 Å². The number of pyridine rings is 1. The van der Waals surface area contributed by atoms with E-state index in [0.29, 0.717) is 16.6 Å². The number of allylic oxidation sites excluding steroid dienone is 1. The summed E-state index contributed by atoms with van der Waals surface area (Å²) in [7, 11) is 0. The minimum absolute atomic E-state index is 0.280. The Kier molecular flexibility index (Phi) is 5.85. The molecule has 0 fully saturated rings. The number of hydrogen-bond acceptors (Lipinski definition) is 4. The van der Waals surface area contributed by atoms with Crippen molar-refractivity contribution in [2.75, 3.05) is 5.75 Å². The number of rotatable bonds is 6. The first-order valence-corrected chi connectivity index (χ1v) is 8.70. The smallest absolute Gasteiger partial charge is 0.255 e. The fraction of sp³-hybridized carbons (Fsp3) is 0.105. The zero-order valence-electron chi connectivity index (χ0n) is 13.3. The molecule has 0 N–H and O–H groups in total. The first kappa shape index (κ1) is 17.2. The van der Waals surface area contributed by atoms with Crippen LogP contribution in [0.2, 0.25) is 0 Å². The lowest BCUT2D eigenvalue weighted by Gasteiger charge is -2.06. The summed E-state index contributed by atoms with van der Waals surface area (Å²) in [5.74, 6) is 0.498. The highest BCUT2D eigenvalue weighted by atomic mass is 32.2. The van der Waals surface area contributed by atoms with E-state index >= 15 is 0 Å². The van der Waals surface area contributed by atoms with Crippen molar-refractivity contribution in [2.45, 2.75) is 11.6 Å². The lowest BCUT2D eigenvalue weighted by molar-refractivity contribution is 0.418. The number of aromatic nitrogens is 3. The van der Waals surface area contributed by atoms with Gasteiger partial charge in [0.1, 0.15) is 0 Å². The zero-order valence-corrected chi connectivity index (χ0v) is 14.1. The van der Waals surface area contributed by atoms with E-state index in [4.69, 9.17) is 0 Å². The van der Waals surface area contributed by atoms with E-state index in [1.54, 1.807) is 18.5 Å². The summed E-state index contributed by atoms with van der Waals surface area (Å²) in [6, 6.07) is 15.8. The standard InChI is InChI=1S/C19H15F2N3S/c20-18(21)7-4-12-25-19-23-11-9-16(24-19)17-13-15(8-10-22-17)14-5-2-1-3-6-14/h1-3,5-11,13H,4,12H2. The lowest BCUT2D eigenvalue weighted by Crippen LogP contribution is -1.93. The zero-order chi connectivity index (χ0) is 17.5. The number of halogens is 2. The van der Waals surface area contributed by atoms with Crippen molar-refractivity contribution in [1.82, 2.24) is 15.0 Å². The summed E-state index contributed by atoms with van der Waals surface area (Å²) in [5.41, 5.74) is 3.62. The lowest BCUT2D eigenvalue weighted by atomic mass is 10.1. The van der Waals surface area contributed by atoms with Gasteiger partial charge >= 0.3 is 0 Å². The van der Waals surface area contributed by atoms with Crippen molar-refractivity contribution in [3.8, 4) is 22.5 Å². The van der Waals surface area contributed by atoms with E-state index in [0.717, 1.165) is 22.9 Å². The molecular formula is C19H15F2N3S. The normalized spacial score (nSPS) is 10.5. The van der Waals surface area contributed by atoms with Crippen LogP contribution >= 0.6 is 11.8 Å². The van der Waals surface area contributed by atoms with Gasteiger partial charge in [0.2, 0.25) is 0 Å². The van der Waals surface area contributed by atoms with Crippen molar-refractivity contribution in [3.05, 3.63) is 73.1 Å². The highest BCUT2D eigenvalue weighted by Crippen LogP contribution is 2.24. The van der Waals surface area contributed by atoms with E-state index in [1.807, 2.05) is 42.5 Å². The molecule has 2 aromatic heterocycles. The average Bonchev–Trinajstić information content (AvgIpc) is 2.66. The molecule has 0 spiro atoms. The van der Waals surface area contributed by atoms with Crippen molar-refractivity contribution < 1.29 is 8.78 Å². The summed E-state index contributed by atoms with van der Waals surface area (Å²) in [6.45, 7) is 0. The fourth-order valence-electron chi connectivity index (χ4n) is 2.25. The molecule has 3 nitrogen and oxygen atoms in total. The third-order valence-electron chi connectivity index (χ3n) is 3.41. The van der Waals surface area contributed by atoms with Gasteiger partial charge in [0.15, 0.2) is 5.16 Å². The van der Waals surface area contributed by atoms with Gasteiger partial charge in [-0.15, -0.1) is 0 Å². The van der Waals surface area contributed by atoms with Gasteiger partial charge in [0, 0.05) is 18.1 Å². The minimum Gasteiger partial charge on any atom is -0.255 e. The molecule has 0 amide bonds. The molecule has 0 bridgehead atoms. The Bertz CT molecular complexity index is 865. The van der Waals surface area contributed by atoms with Crippen LogP contribution in [0.25, 0.3) is 22.5 Å². The number of hydrogen-bond donors (Lipinski definition) is 0. The van der Waals surface area contributed by atoms with Crippen LogP contribution in [0.4, 0.5) is 8.78 Å². The van der Waals surface area contributed by atoms with Crippen molar-refractivity contribution >= 4 is 11.8 Å². The van der Waals surface area contributed by atoms with Crippen molar-refractivity contribution in [2.24, 2.45) is 0 Å². The van der Waals surface area contributed by atoms with Gasteiger partial charge in [-0.25, -0.2) is 9.97 Å². The van der Waals surface area contributed by atoms with Crippen LogP contribution in [0.5, 0.6) is 0 Å². The molecular weight excluding hydrogens is 340 g/mol. The van der Waals surface area contributed by atoms with E-state index in [-0.39, 0.29) is 6.42 Å². The van der Waals surface area contributed by atoms with Gasteiger partial charge in [0.05, 0.1) is 11.4 Å². The van der Waals surface area contributed by atoms with Gasteiger partial charge < -0.3 is 0 Å². The Morgan fingerprint density at radius 1 is 0.920 bits per heavy atom. The summed E-state index contributed by atoms with van der Waals surface area (Å²) < 4.78 is 24.1.